The van der Waals surface area contributed by atoms with Gasteiger partial charge in [-0.2, -0.15) is 0 Å². The second-order valence-corrected chi connectivity index (χ2v) is 7.10. The molecule has 1 heterocycles. The quantitative estimate of drug-likeness (QED) is 0.725. The zero-order chi connectivity index (χ0) is 18.4. The van der Waals surface area contributed by atoms with Gasteiger partial charge in [0.25, 0.3) is 5.91 Å². The van der Waals surface area contributed by atoms with Gasteiger partial charge in [0.15, 0.2) is 6.61 Å². The Kier molecular flexibility index (Phi) is 6.52. The molecule has 1 saturated heterocycles. The van der Waals surface area contributed by atoms with Crippen LogP contribution in [0.5, 0.6) is 11.5 Å². The molecule has 3 rings (SSSR count). The molecule has 1 N–H and O–H groups in total. The van der Waals surface area contributed by atoms with Crippen molar-refractivity contribution >= 4 is 27.5 Å². The number of aryl methyl sites for hydroxylation is 1. The molecule has 0 saturated carbocycles. The van der Waals surface area contributed by atoms with Crippen LogP contribution < -0.4 is 14.8 Å². The summed E-state index contributed by atoms with van der Waals surface area (Å²) in [6, 6.07) is 13.1. The Morgan fingerprint density at radius 1 is 1.27 bits per heavy atom. The van der Waals surface area contributed by atoms with E-state index < -0.39 is 0 Å². The van der Waals surface area contributed by atoms with Crippen molar-refractivity contribution in [3.63, 3.8) is 0 Å². The Hall–Kier alpha value is -2.05. The van der Waals surface area contributed by atoms with Crippen molar-refractivity contribution in [1.82, 2.24) is 0 Å². The lowest BCUT2D eigenvalue weighted by atomic mass is 10.2. The van der Waals surface area contributed by atoms with E-state index in [4.69, 9.17) is 14.2 Å². The third-order valence-corrected chi connectivity index (χ3v) is 4.64. The van der Waals surface area contributed by atoms with Gasteiger partial charge in [0.2, 0.25) is 0 Å². The summed E-state index contributed by atoms with van der Waals surface area (Å²) in [7, 11) is 0. The number of carbonyl (C=O) groups is 1. The molecule has 1 aliphatic rings. The highest BCUT2D eigenvalue weighted by Gasteiger charge is 2.16. The van der Waals surface area contributed by atoms with E-state index in [2.05, 4.69) is 21.2 Å². The van der Waals surface area contributed by atoms with Gasteiger partial charge in [-0.3, -0.25) is 4.79 Å². The molecular formula is C20H22BrNO4. The molecule has 0 bridgehead atoms. The molecule has 1 atom stereocenters. The number of halogens is 1. The highest BCUT2D eigenvalue weighted by molar-refractivity contribution is 9.10. The molecular weight excluding hydrogens is 398 g/mol. The van der Waals surface area contributed by atoms with Gasteiger partial charge in [0.1, 0.15) is 18.1 Å². The minimum atomic E-state index is -0.228. The fourth-order valence-electron chi connectivity index (χ4n) is 2.69. The van der Waals surface area contributed by atoms with Crippen molar-refractivity contribution in [3.8, 4) is 11.5 Å². The molecule has 1 fully saturated rings. The van der Waals surface area contributed by atoms with Crippen molar-refractivity contribution < 1.29 is 19.0 Å². The van der Waals surface area contributed by atoms with Crippen LogP contribution in [0.1, 0.15) is 18.4 Å². The summed E-state index contributed by atoms with van der Waals surface area (Å²) in [6.07, 6.45) is 2.28. The van der Waals surface area contributed by atoms with Gasteiger partial charge >= 0.3 is 0 Å². The normalized spacial score (nSPS) is 16.3. The van der Waals surface area contributed by atoms with Gasteiger partial charge in [-0.25, -0.2) is 0 Å². The number of anilines is 1. The van der Waals surface area contributed by atoms with Gasteiger partial charge in [0.05, 0.1) is 10.6 Å². The van der Waals surface area contributed by atoms with E-state index in [0.29, 0.717) is 23.8 Å². The summed E-state index contributed by atoms with van der Waals surface area (Å²) in [6.45, 7) is 3.26. The van der Waals surface area contributed by atoms with Crippen LogP contribution in [0.3, 0.4) is 0 Å². The number of carbonyl (C=O) groups excluding carboxylic acids is 1. The van der Waals surface area contributed by atoms with Crippen LogP contribution in [0.4, 0.5) is 5.69 Å². The monoisotopic (exact) mass is 419 g/mol. The Bertz CT molecular complexity index is 759. The van der Waals surface area contributed by atoms with Gasteiger partial charge < -0.3 is 19.5 Å². The van der Waals surface area contributed by atoms with Gasteiger partial charge in [-0.15, -0.1) is 0 Å². The Morgan fingerprint density at radius 2 is 2.15 bits per heavy atom. The third-order valence-electron chi connectivity index (χ3n) is 4.02. The van der Waals surface area contributed by atoms with Crippen LogP contribution in [0, 0.1) is 6.92 Å². The van der Waals surface area contributed by atoms with Crippen molar-refractivity contribution in [3.05, 3.63) is 52.5 Å². The number of rotatable bonds is 7. The molecule has 1 aliphatic heterocycles. The molecule has 26 heavy (non-hydrogen) atoms. The predicted octanol–water partition coefficient (Wildman–Crippen LogP) is 4.33. The third kappa shape index (κ3) is 5.47. The SMILES string of the molecule is Cc1ccc(OCC(=O)Nc2cccc(OCC3CCCO3)c2)c(Br)c1. The maximum absolute atomic E-state index is 12.1. The molecule has 1 unspecified atom stereocenters. The topological polar surface area (TPSA) is 56.8 Å². The lowest BCUT2D eigenvalue weighted by Gasteiger charge is -2.13. The number of hydrogen-bond acceptors (Lipinski definition) is 4. The van der Waals surface area contributed by atoms with E-state index in [1.807, 2.05) is 43.3 Å². The molecule has 138 valence electrons. The Morgan fingerprint density at radius 3 is 2.92 bits per heavy atom. The number of benzene rings is 2. The molecule has 0 radical (unpaired) electrons. The van der Waals surface area contributed by atoms with Crippen LogP contribution >= 0.6 is 15.9 Å². The first-order valence-electron chi connectivity index (χ1n) is 8.63. The molecule has 1 amide bonds. The summed E-state index contributed by atoms with van der Waals surface area (Å²) in [4.78, 5) is 12.1. The van der Waals surface area contributed by atoms with Crippen LogP contribution in [-0.4, -0.2) is 31.8 Å². The van der Waals surface area contributed by atoms with Crippen molar-refractivity contribution in [2.45, 2.75) is 25.9 Å². The fourth-order valence-corrected chi connectivity index (χ4v) is 3.30. The smallest absolute Gasteiger partial charge is 0.262 e. The first-order valence-corrected chi connectivity index (χ1v) is 9.43. The minimum absolute atomic E-state index is 0.0668. The van der Waals surface area contributed by atoms with E-state index >= 15 is 0 Å². The minimum Gasteiger partial charge on any atom is -0.491 e. The molecule has 5 nitrogen and oxygen atoms in total. The maximum Gasteiger partial charge on any atom is 0.262 e. The van der Waals surface area contributed by atoms with Crippen LogP contribution in [-0.2, 0) is 9.53 Å². The van der Waals surface area contributed by atoms with Crippen LogP contribution in [0.25, 0.3) is 0 Å². The summed E-state index contributed by atoms with van der Waals surface area (Å²) in [5, 5.41) is 2.82. The largest absolute Gasteiger partial charge is 0.491 e. The van der Waals surface area contributed by atoms with Gasteiger partial charge in [-0.1, -0.05) is 12.1 Å². The summed E-state index contributed by atoms with van der Waals surface area (Å²) in [5.41, 5.74) is 1.79. The second kappa shape index (κ2) is 9.05. The standard InChI is InChI=1S/C20H22BrNO4/c1-14-7-8-19(18(21)10-14)26-13-20(23)22-15-4-2-5-16(11-15)25-12-17-6-3-9-24-17/h2,4-5,7-8,10-11,17H,3,6,9,12-13H2,1H3,(H,22,23). The lowest BCUT2D eigenvalue weighted by Crippen LogP contribution is -2.20. The van der Waals surface area contributed by atoms with E-state index in [9.17, 15) is 4.79 Å². The summed E-state index contributed by atoms with van der Waals surface area (Å²) in [5.74, 6) is 1.12. The highest BCUT2D eigenvalue weighted by Crippen LogP contribution is 2.26. The predicted molar refractivity (Wildman–Crippen MR) is 104 cm³/mol. The number of nitrogens with one attached hydrogen (secondary N) is 1. The molecule has 0 aliphatic carbocycles. The van der Waals surface area contributed by atoms with Gasteiger partial charge in [0, 0.05) is 18.4 Å². The van der Waals surface area contributed by atoms with E-state index in [1.54, 1.807) is 6.07 Å². The average Bonchev–Trinajstić information content (AvgIpc) is 3.13. The number of amides is 1. The van der Waals surface area contributed by atoms with Crippen LogP contribution in [0.15, 0.2) is 46.9 Å². The first-order chi connectivity index (χ1) is 12.6. The maximum atomic E-state index is 12.1. The first kappa shape index (κ1) is 18.7. The van der Waals surface area contributed by atoms with E-state index in [0.717, 1.165) is 29.5 Å². The lowest BCUT2D eigenvalue weighted by molar-refractivity contribution is -0.118. The van der Waals surface area contributed by atoms with E-state index in [1.165, 1.54) is 0 Å². The number of hydrogen-bond donors (Lipinski definition) is 1. The summed E-state index contributed by atoms with van der Waals surface area (Å²) >= 11 is 3.44. The Labute approximate surface area is 161 Å². The fraction of sp³-hybridized carbons (Fsp3) is 0.350. The van der Waals surface area contributed by atoms with E-state index in [-0.39, 0.29) is 18.6 Å². The Balaban J connectivity index is 1.49. The summed E-state index contributed by atoms with van der Waals surface area (Å²) < 4.78 is 17.7. The van der Waals surface area contributed by atoms with Crippen molar-refractivity contribution in [2.75, 3.05) is 25.1 Å². The second-order valence-electron chi connectivity index (χ2n) is 6.24. The molecule has 0 aromatic heterocycles. The molecule has 6 heteroatoms. The zero-order valence-corrected chi connectivity index (χ0v) is 16.3. The van der Waals surface area contributed by atoms with Crippen molar-refractivity contribution in [1.29, 1.82) is 0 Å². The van der Waals surface area contributed by atoms with Crippen molar-refractivity contribution in [2.24, 2.45) is 0 Å². The highest BCUT2D eigenvalue weighted by atomic mass is 79.9. The molecule has 0 spiro atoms. The molecule has 2 aromatic carbocycles. The molecule has 2 aromatic rings. The average molecular weight is 420 g/mol. The van der Waals surface area contributed by atoms with Gasteiger partial charge in [-0.05, 0) is 65.5 Å². The number of ether oxygens (including phenoxy) is 3. The van der Waals surface area contributed by atoms with Crippen LogP contribution in [0.2, 0.25) is 0 Å². The zero-order valence-electron chi connectivity index (χ0n) is 14.7.